The fourth-order valence-electron chi connectivity index (χ4n) is 3.17. The first-order valence-corrected chi connectivity index (χ1v) is 9.31. The number of nitrogens with zero attached hydrogens (tertiary/aromatic N) is 1. The summed E-state index contributed by atoms with van der Waals surface area (Å²) in [6.45, 7) is 6.42. The van der Waals surface area contributed by atoms with Gasteiger partial charge in [-0.1, -0.05) is 38.1 Å². The molecule has 1 heterocycles. The second-order valence-corrected chi connectivity index (χ2v) is 7.16. The van der Waals surface area contributed by atoms with Crippen LogP contribution < -0.4 is 5.32 Å². The Balaban J connectivity index is 1.55. The average molecular weight is 350 g/mol. The van der Waals surface area contributed by atoms with Gasteiger partial charge in [0.25, 0.3) is 11.8 Å². The fraction of sp³-hybridized carbons (Fsp3) is 0.364. The van der Waals surface area contributed by atoms with Crippen molar-refractivity contribution in [2.75, 3.05) is 13.1 Å². The molecule has 26 heavy (non-hydrogen) atoms. The summed E-state index contributed by atoms with van der Waals surface area (Å²) >= 11 is 0. The molecule has 1 fully saturated rings. The Kier molecular flexibility index (Phi) is 5.71. The fourth-order valence-corrected chi connectivity index (χ4v) is 3.17. The molecule has 136 valence electrons. The highest BCUT2D eigenvalue weighted by Crippen LogP contribution is 2.15. The molecule has 1 aliphatic heterocycles. The van der Waals surface area contributed by atoms with Crippen molar-refractivity contribution in [3.8, 4) is 0 Å². The Hall–Kier alpha value is -2.62. The second kappa shape index (κ2) is 8.17. The number of carbonyl (C=O) groups excluding carboxylic acids is 2. The summed E-state index contributed by atoms with van der Waals surface area (Å²) in [6, 6.07) is 15.2. The summed E-state index contributed by atoms with van der Waals surface area (Å²) in [6.07, 6.45) is 2.18. The van der Waals surface area contributed by atoms with E-state index in [0.717, 1.165) is 31.5 Å². The third kappa shape index (κ3) is 4.31. The van der Waals surface area contributed by atoms with Crippen LogP contribution in [-0.4, -0.2) is 29.8 Å². The van der Waals surface area contributed by atoms with Gasteiger partial charge in [0.05, 0.1) is 0 Å². The molecule has 1 saturated heterocycles. The molecule has 1 N–H and O–H groups in total. The Bertz CT molecular complexity index is 758. The highest BCUT2D eigenvalue weighted by Gasteiger charge is 2.19. The van der Waals surface area contributed by atoms with Gasteiger partial charge in [0.1, 0.15) is 0 Å². The molecule has 0 radical (unpaired) electrons. The van der Waals surface area contributed by atoms with E-state index in [2.05, 4.69) is 19.2 Å². The van der Waals surface area contributed by atoms with E-state index in [9.17, 15) is 9.59 Å². The Morgan fingerprint density at radius 3 is 2.08 bits per heavy atom. The lowest BCUT2D eigenvalue weighted by Crippen LogP contribution is -2.27. The summed E-state index contributed by atoms with van der Waals surface area (Å²) in [5.74, 6) is 0.467. The number of amides is 2. The monoisotopic (exact) mass is 350 g/mol. The maximum absolute atomic E-state index is 12.3. The first kappa shape index (κ1) is 18.2. The number of nitrogens with one attached hydrogen (secondary N) is 1. The molecule has 0 unspecified atom stereocenters. The third-order valence-electron chi connectivity index (χ3n) is 4.89. The van der Waals surface area contributed by atoms with Gasteiger partial charge in [0.2, 0.25) is 0 Å². The summed E-state index contributed by atoms with van der Waals surface area (Å²) in [7, 11) is 0. The molecular weight excluding hydrogens is 324 g/mol. The minimum Gasteiger partial charge on any atom is -0.348 e. The van der Waals surface area contributed by atoms with E-state index in [0.29, 0.717) is 23.6 Å². The van der Waals surface area contributed by atoms with Gasteiger partial charge in [0.15, 0.2) is 0 Å². The van der Waals surface area contributed by atoms with Crippen LogP contribution in [0.2, 0.25) is 0 Å². The highest BCUT2D eigenvalue weighted by molar-refractivity contribution is 5.95. The van der Waals surface area contributed by atoms with Gasteiger partial charge < -0.3 is 10.2 Å². The van der Waals surface area contributed by atoms with Gasteiger partial charge in [-0.2, -0.15) is 0 Å². The minimum absolute atomic E-state index is 0.0856. The molecule has 2 aromatic rings. The Morgan fingerprint density at radius 1 is 0.923 bits per heavy atom. The maximum Gasteiger partial charge on any atom is 0.253 e. The van der Waals surface area contributed by atoms with Crippen LogP contribution in [0.5, 0.6) is 0 Å². The summed E-state index contributed by atoms with van der Waals surface area (Å²) < 4.78 is 0. The van der Waals surface area contributed by atoms with Crippen molar-refractivity contribution in [1.29, 1.82) is 0 Å². The minimum atomic E-state index is -0.0856. The average Bonchev–Trinajstić information content (AvgIpc) is 3.21. The highest BCUT2D eigenvalue weighted by atomic mass is 16.2. The standard InChI is InChI=1S/C22H26N2O2/c1-16(2)18-9-11-19(12-10-18)21(25)23-15-17-5-7-20(8-6-17)22(26)24-13-3-4-14-24/h5-12,16H,3-4,13-15H2,1-2H3,(H,23,25). The first-order valence-electron chi connectivity index (χ1n) is 9.31. The van der Waals surface area contributed by atoms with Crippen LogP contribution >= 0.6 is 0 Å². The van der Waals surface area contributed by atoms with Crippen molar-refractivity contribution < 1.29 is 9.59 Å². The zero-order chi connectivity index (χ0) is 18.5. The van der Waals surface area contributed by atoms with Crippen molar-refractivity contribution in [2.24, 2.45) is 0 Å². The van der Waals surface area contributed by atoms with E-state index < -0.39 is 0 Å². The molecule has 0 saturated carbocycles. The van der Waals surface area contributed by atoms with Crippen LogP contribution in [0, 0.1) is 0 Å². The van der Waals surface area contributed by atoms with Crippen molar-refractivity contribution in [3.63, 3.8) is 0 Å². The van der Waals surface area contributed by atoms with Crippen LogP contribution in [0.3, 0.4) is 0 Å². The van der Waals surface area contributed by atoms with Gasteiger partial charge >= 0.3 is 0 Å². The smallest absolute Gasteiger partial charge is 0.253 e. The summed E-state index contributed by atoms with van der Waals surface area (Å²) in [5, 5.41) is 2.93. The van der Waals surface area contributed by atoms with Gasteiger partial charge in [-0.3, -0.25) is 9.59 Å². The molecule has 4 heteroatoms. The lowest BCUT2D eigenvalue weighted by Gasteiger charge is -2.15. The van der Waals surface area contributed by atoms with Crippen molar-refractivity contribution >= 4 is 11.8 Å². The zero-order valence-corrected chi connectivity index (χ0v) is 15.5. The normalized spacial score (nSPS) is 13.9. The zero-order valence-electron chi connectivity index (χ0n) is 15.5. The van der Waals surface area contributed by atoms with Crippen molar-refractivity contribution in [2.45, 2.75) is 39.2 Å². The van der Waals surface area contributed by atoms with E-state index in [1.807, 2.05) is 53.4 Å². The molecule has 0 spiro atoms. The molecule has 0 atom stereocenters. The van der Waals surface area contributed by atoms with Gasteiger partial charge in [-0.05, 0) is 54.2 Å². The van der Waals surface area contributed by atoms with E-state index in [4.69, 9.17) is 0 Å². The Labute approximate surface area is 155 Å². The number of benzene rings is 2. The van der Waals surface area contributed by atoms with Crippen LogP contribution in [0.25, 0.3) is 0 Å². The molecule has 0 aromatic heterocycles. The van der Waals surface area contributed by atoms with E-state index in [1.54, 1.807) is 0 Å². The Morgan fingerprint density at radius 2 is 1.50 bits per heavy atom. The second-order valence-electron chi connectivity index (χ2n) is 7.16. The van der Waals surface area contributed by atoms with Crippen LogP contribution in [0.15, 0.2) is 48.5 Å². The molecule has 4 nitrogen and oxygen atoms in total. The van der Waals surface area contributed by atoms with Gasteiger partial charge in [-0.15, -0.1) is 0 Å². The number of carbonyl (C=O) groups is 2. The molecule has 3 rings (SSSR count). The van der Waals surface area contributed by atoms with E-state index in [-0.39, 0.29) is 11.8 Å². The molecule has 2 aromatic carbocycles. The van der Waals surface area contributed by atoms with E-state index in [1.165, 1.54) is 5.56 Å². The first-order chi connectivity index (χ1) is 12.5. The molecule has 0 bridgehead atoms. The lowest BCUT2D eigenvalue weighted by atomic mass is 10.0. The van der Waals surface area contributed by atoms with E-state index >= 15 is 0 Å². The third-order valence-corrected chi connectivity index (χ3v) is 4.89. The van der Waals surface area contributed by atoms with Crippen LogP contribution in [0.4, 0.5) is 0 Å². The quantitative estimate of drug-likeness (QED) is 0.887. The van der Waals surface area contributed by atoms with Crippen molar-refractivity contribution in [1.82, 2.24) is 10.2 Å². The number of likely N-dealkylation sites (tertiary alicyclic amines) is 1. The molecule has 2 amide bonds. The predicted octanol–water partition coefficient (Wildman–Crippen LogP) is 3.98. The summed E-state index contributed by atoms with van der Waals surface area (Å²) in [5.41, 5.74) is 3.58. The maximum atomic E-state index is 12.3. The molecular formula is C22H26N2O2. The number of rotatable bonds is 5. The largest absolute Gasteiger partial charge is 0.348 e. The molecule has 1 aliphatic rings. The topological polar surface area (TPSA) is 49.4 Å². The van der Waals surface area contributed by atoms with Crippen molar-refractivity contribution in [3.05, 3.63) is 70.8 Å². The number of hydrogen-bond donors (Lipinski definition) is 1. The van der Waals surface area contributed by atoms with Gasteiger partial charge in [-0.25, -0.2) is 0 Å². The van der Waals surface area contributed by atoms with Crippen LogP contribution in [-0.2, 0) is 6.54 Å². The lowest BCUT2D eigenvalue weighted by molar-refractivity contribution is 0.0792. The SMILES string of the molecule is CC(C)c1ccc(C(=O)NCc2ccc(C(=O)N3CCCC3)cc2)cc1. The molecule has 0 aliphatic carbocycles. The predicted molar refractivity (Wildman–Crippen MR) is 103 cm³/mol. The van der Waals surface area contributed by atoms with Gasteiger partial charge in [0, 0.05) is 30.8 Å². The van der Waals surface area contributed by atoms with Crippen LogP contribution in [0.1, 0.15) is 64.4 Å². The number of hydrogen-bond acceptors (Lipinski definition) is 2. The summed E-state index contributed by atoms with van der Waals surface area (Å²) in [4.78, 5) is 26.5.